The minimum absolute atomic E-state index is 0.515. The van der Waals surface area contributed by atoms with Crippen LogP contribution >= 0.6 is 0 Å². The highest BCUT2D eigenvalue weighted by Gasteiger charge is 2.18. The lowest BCUT2D eigenvalue weighted by atomic mass is 10.2. The maximum absolute atomic E-state index is 5.69. The molecule has 0 unspecified atom stereocenters. The number of furan rings is 1. The van der Waals surface area contributed by atoms with E-state index < -0.39 is 0 Å². The van der Waals surface area contributed by atoms with Crippen LogP contribution in [-0.4, -0.2) is 48.2 Å². The number of hydrogen-bond donors (Lipinski definition) is 0. The molecule has 136 valence electrons. The number of tetrazole rings is 1. The molecule has 0 radical (unpaired) electrons. The molecule has 0 saturated carbocycles. The summed E-state index contributed by atoms with van der Waals surface area (Å²) < 4.78 is 20.2. The Kier molecular flexibility index (Phi) is 3.78. The van der Waals surface area contributed by atoms with Gasteiger partial charge in [-0.3, -0.25) is 0 Å². The largest absolute Gasteiger partial charge is 0.486 e. The van der Waals surface area contributed by atoms with E-state index in [1.165, 1.54) is 0 Å². The van der Waals surface area contributed by atoms with Crippen LogP contribution in [0.2, 0.25) is 0 Å². The highest BCUT2D eigenvalue weighted by atomic mass is 16.6. The minimum Gasteiger partial charge on any atom is -0.486 e. The summed E-state index contributed by atoms with van der Waals surface area (Å²) in [6, 6.07) is 9.34. The molecule has 1 aliphatic heterocycles. The van der Waals surface area contributed by atoms with Crippen LogP contribution in [0, 0.1) is 0 Å². The molecule has 10 heteroatoms. The fraction of sp³-hybridized carbons (Fsp3) is 0.235. The van der Waals surface area contributed by atoms with Gasteiger partial charge in [0.15, 0.2) is 17.3 Å². The smallest absolute Gasteiger partial charge is 0.217 e. The van der Waals surface area contributed by atoms with Gasteiger partial charge in [0.25, 0.3) is 0 Å². The van der Waals surface area contributed by atoms with Crippen LogP contribution in [0.1, 0.15) is 5.82 Å². The van der Waals surface area contributed by atoms with E-state index >= 15 is 0 Å². The molecule has 4 heterocycles. The molecule has 0 bridgehead atoms. The molecule has 1 aliphatic rings. The normalized spacial score (nSPS) is 13.0. The summed E-state index contributed by atoms with van der Waals surface area (Å²) in [7, 11) is 0. The van der Waals surface area contributed by atoms with Crippen molar-refractivity contribution in [3.8, 4) is 28.8 Å². The molecule has 0 fully saturated rings. The quantitative estimate of drug-likeness (QED) is 0.524. The molecule has 0 aliphatic carbocycles. The van der Waals surface area contributed by atoms with Crippen LogP contribution in [0.25, 0.3) is 17.3 Å². The first-order valence-corrected chi connectivity index (χ1v) is 8.47. The lowest BCUT2D eigenvalue weighted by Gasteiger charge is -2.19. The van der Waals surface area contributed by atoms with E-state index in [1.807, 2.05) is 24.3 Å². The monoisotopic (exact) mass is 365 g/mol. The molecular weight excluding hydrogens is 350 g/mol. The van der Waals surface area contributed by atoms with E-state index in [0.717, 1.165) is 17.3 Å². The van der Waals surface area contributed by atoms with Crippen LogP contribution < -0.4 is 9.47 Å². The third-order valence-corrected chi connectivity index (χ3v) is 4.14. The Morgan fingerprint density at radius 2 is 2.00 bits per heavy atom. The molecular formula is C17H15N7O3. The molecule has 0 amide bonds. The molecule has 0 spiro atoms. The highest BCUT2D eigenvalue weighted by Crippen LogP contribution is 2.32. The second-order valence-electron chi connectivity index (χ2n) is 5.89. The number of ether oxygens (including phenoxy) is 2. The number of rotatable bonds is 5. The number of fused-ring (bicyclic) bond motifs is 1. The van der Waals surface area contributed by atoms with E-state index in [9.17, 15) is 0 Å². The van der Waals surface area contributed by atoms with Gasteiger partial charge in [-0.25, -0.2) is 14.3 Å². The van der Waals surface area contributed by atoms with Crippen LogP contribution in [-0.2, 0) is 13.0 Å². The summed E-state index contributed by atoms with van der Waals surface area (Å²) in [4.78, 5) is 4.64. The zero-order valence-electron chi connectivity index (χ0n) is 14.2. The van der Waals surface area contributed by atoms with Crippen LogP contribution in [0.15, 0.2) is 47.3 Å². The summed E-state index contributed by atoms with van der Waals surface area (Å²) >= 11 is 0. The Hall–Kier alpha value is -3.69. The van der Waals surface area contributed by atoms with E-state index in [-0.39, 0.29) is 0 Å². The number of hydrogen-bond acceptors (Lipinski definition) is 8. The second kappa shape index (κ2) is 6.56. The zero-order valence-corrected chi connectivity index (χ0v) is 14.2. The van der Waals surface area contributed by atoms with Crippen molar-refractivity contribution >= 4 is 0 Å². The topological polar surface area (TPSA) is 106 Å². The molecule has 1 aromatic carbocycles. The molecule has 27 heavy (non-hydrogen) atoms. The SMILES string of the molecule is c1coc(-c2nc(CCn3cnnn3)n(-c3ccc4c(c3)OCCO4)n2)c1. The van der Waals surface area contributed by atoms with Gasteiger partial charge >= 0.3 is 0 Å². The Balaban J connectivity index is 1.53. The van der Waals surface area contributed by atoms with Gasteiger partial charge in [0, 0.05) is 12.5 Å². The van der Waals surface area contributed by atoms with E-state index in [0.29, 0.717) is 43.5 Å². The van der Waals surface area contributed by atoms with Crippen molar-refractivity contribution in [2.75, 3.05) is 13.2 Å². The van der Waals surface area contributed by atoms with Crippen LogP contribution in [0.4, 0.5) is 0 Å². The molecule has 0 N–H and O–H groups in total. The number of aromatic nitrogens is 7. The first-order valence-electron chi connectivity index (χ1n) is 8.47. The molecule has 5 rings (SSSR count). The van der Waals surface area contributed by atoms with Gasteiger partial charge in [-0.05, 0) is 34.7 Å². The van der Waals surface area contributed by atoms with Gasteiger partial charge in [0.1, 0.15) is 25.4 Å². The van der Waals surface area contributed by atoms with Crippen molar-refractivity contribution in [2.45, 2.75) is 13.0 Å². The maximum Gasteiger partial charge on any atom is 0.217 e. The van der Waals surface area contributed by atoms with Crippen molar-refractivity contribution in [2.24, 2.45) is 0 Å². The average Bonchev–Trinajstić information content (AvgIpc) is 3.47. The van der Waals surface area contributed by atoms with Gasteiger partial charge in [-0.2, -0.15) is 0 Å². The summed E-state index contributed by atoms with van der Waals surface area (Å²) in [6.07, 6.45) is 3.76. The predicted molar refractivity (Wildman–Crippen MR) is 91.6 cm³/mol. The maximum atomic E-state index is 5.69. The molecule has 4 aromatic rings. The van der Waals surface area contributed by atoms with E-state index in [1.54, 1.807) is 28.0 Å². The van der Waals surface area contributed by atoms with Crippen molar-refractivity contribution in [1.82, 2.24) is 35.0 Å². The van der Waals surface area contributed by atoms with Gasteiger partial charge < -0.3 is 13.9 Å². The van der Waals surface area contributed by atoms with Crippen LogP contribution in [0.3, 0.4) is 0 Å². The van der Waals surface area contributed by atoms with Crippen LogP contribution in [0.5, 0.6) is 11.5 Å². The van der Waals surface area contributed by atoms with Gasteiger partial charge in [-0.15, -0.1) is 10.2 Å². The van der Waals surface area contributed by atoms with Crippen molar-refractivity contribution in [3.05, 3.63) is 48.7 Å². The van der Waals surface area contributed by atoms with Crippen molar-refractivity contribution in [1.29, 1.82) is 0 Å². The van der Waals surface area contributed by atoms with Crippen molar-refractivity contribution < 1.29 is 13.9 Å². The first-order chi connectivity index (χ1) is 13.4. The fourth-order valence-electron chi connectivity index (χ4n) is 2.88. The number of aryl methyl sites for hydroxylation is 2. The lowest BCUT2D eigenvalue weighted by Crippen LogP contribution is -2.16. The first kappa shape index (κ1) is 15.6. The Morgan fingerprint density at radius 3 is 2.81 bits per heavy atom. The molecule has 0 saturated heterocycles. The summed E-state index contributed by atoms with van der Waals surface area (Å²) in [5.41, 5.74) is 0.830. The van der Waals surface area contributed by atoms with Gasteiger partial charge in [0.05, 0.1) is 18.5 Å². The lowest BCUT2D eigenvalue weighted by molar-refractivity contribution is 0.171. The average molecular weight is 365 g/mol. The standard InChI is InChI=1S/C17H15N7O3/c1-2-14(25-7-1)17-19-16(5-6-23-11-18-21-22-23)24(20-17)12-3-4-13-15(10-12)27-9-8-26-13/h1-4,7,10-11H,5-6,8-9H2. The highest BCUT2D eigenvalue weighted by molar-refractivity contribution is 5.51. The predicted octanol–water partition coefficient (Wildman–Crippen LogP) is 1.53. The Bertz CT molecular complexity index is 1040. The summed E-state index contributed by atoms with van der Waals surface area (Å²) in [6.45, 7) is 1.65. The van der Waals surface area contributed by atoms with E-state index in [2.05, 4.69) is 25.6 Å². The fourth-order valence-corrected chi connectivity index (χ4v) is 2.88. The third kappa shape index (κ3) is 3.01. The summed E-state index contributed by atoms with van der Waals surface area (Å²) in [5, 5.41) is 15.8. The van der Waals surface area contributed by atoms with Gasteiger partial charge in [-0.1, -0.05) is 0 Å². The molecule has 0 atom stereocenters. The van der Waals surface area contributed by atoms with Gasteiger partial charge in [0.2, 0.25) is 5.82 Å². The summed E-state index contributed by atoms with van der Waals surface area (Å²) in [5.74, 6) is 3.30. The minimum atomic E-state index is 0.515. The third-order valence-electron chi connectivity index (χ3n) is 4.14. The number of benzene rings is 1. The van der Waals surface area contributed by atoms with E-state index in [4.69, 9.17) is 13.9 Å². The van der Waals surface area contributed by atoms with Crippen molar-refractivity contribution in [3.63, 3.8) is 0 Å². The zero-order chi connectivity index (χ0) is 18.1. The number of nitrogens with zero attached hydrogens (tertiary/aromatic N) is 7. The molecule has 3 aromatic heterocycles. The Labute approximate surface area is 153 Å². The Morgan fingerprint density at radius 1 is 1.07 bits per heavy atom. The second-order valence-corrected chi connectivity index (χ2v) is 5.89. The molecule has 10 nitrogen and oxygen atoms in total.